The molecule has 1 nitrogen and oxygen atoms in total. The van der Waals surface area contributed by atoms with E-state index in [2.05, 4.69) is 57.2 Å². The Morgan fingerprint density at radius 1 is 1.00 bits per heavy atom. The molecular formula is C22H30O. The zero-order valence-corrected chi connectivity index (χ0v) is 14.9. The summed E-state index contributed by atoms with van der Waals surface area (Å²) in [4.78, 5) is 12.3. The lowest BCUT2D eigenvalue weighted by Gasteiger charge is -2.17. The first-order valence-electron chi connectivity index (χ1n) is 9.10. The van der Waals surface area contributed by atoms with Gasteiger partial charge in [-0.25, -0.2) is 0 Å². The first-order chi connectivity index (χ1) is 11.1. The Kier molecular flexibility index (Phi) is 6.83. The molecule has 1 heteroatoms. The van der Waals surface area contributed by atoms with Gasteiger partial charge in [-0.15, -0.1) is 0 Å². The summed E-state index contributed by atoms with van der Waals surface area (Å²) in [5.41, 5.74) is 5.43. The summed E-state index contributed by atoms with van der Waals surface area (Å²) in [7, 11) is 0. The van der Waals surface area contributed by atoms with Crippen LogP contribution in [0.3, 0.4) is 0 Å². The van der Waals surface area contributed by atoms with E-state index in [1.807, 2.05) is 0 Å². The second kappa shape index (κ2) is 8.86. The number of Topliss-reactive ketones (excluding diaryl/α,β-unsaturated/α-hetero) is 1. The van der Waals surface area contributed by atoms with Crippen LogP contribution in [-0.4, -0.2) is 5.78 Å². The highest BCUT2D eigenvalue weighted by atomic mass is 16.1. The third-order valence-electron chi connectivity index (χ3n) is 4.85. The molecule has 0 saturated carbocycles. The molecule has 23 heavy (non-hydrogen) atoms. The molecule has 0 N–H and O–H groups in total. The Bertz CT molecular complexity index is 574. The smallest absolute Gasteiger partial charge is 0.137 e. The van der Waals surface area contributed by atoms with Crippen molar-refractivity contribution in [2.75, 3.05) is 0 Å². The molecule has 0 heterocycles. The van der Waals surface area contributed by atoms with Crippen molar-refractivity contribution in [2.24, 2.45) is 5.92 Å². The first kappa shape index (κ1) is 17.7. The Morgan fingerprint density at radius 3 is 2.26 bits per heavy atom. The highest BCUT2D eigenvalue weighted by molar-refractivity contribution is 5.81. The minimum Gasteiger partial charge on any atom is -0.299 e. The fraction of sp³-hybridized carbons (Fsp3) is 0.500. The zero-order chi connectivity index (χ0) is 16.7. The molecule has 124 valence electrons. The van der Waals surface area contributed by atoms with E-state index in [9.17, 15) is 4.79 Å². The highest BCUT2D eigenvalue weighted by Crippen LogP contribution is 2.35. The second-order valence-corrected chi connectivity index (χ2v) is 6.75. The van der Waals surface area contributed by atoms with E-state index in [-0.39, 0.29) is 0 Å². The van der Waals surface area contributed by atoms with Crippen LogP contribution >= 0.6 is 0 Å². The number of carbonyl (C=O) groups is 1. The van der Waals surface area contributed by atoms with Gasteiger partial charge in [0, 0.05) is 18.8 Å². The van der Waals surface area contributed by atoms with Crippen molar-refractivity contribution in [1.82, 2.24) is 0 Å². The van der Waals surface area contributed by atoms with Gasteiger partial charge in [-0.05, 0) is 38.2 Å². The topological polar surface area (TPSA) is 17.1 Å². The molecule has 0 bridgehead atoms. The molecule has 1 atom stereocenters. The van der Waals surface area contributed by atoms with Gasteiger partial charge < -0.3 is 0 Å². The summed E-state index contributed by atoms with van der Waals surface area (Å²) >= 11 is 0. The molecule has 0 aliphatic heterocycles. The molecule has 0 saturated heterocycles. The Hall–Kier alpha value is -1.63. The van der Waals surface area contributed by atoms with E-state index < -0.39 is 0 Å². The van der Waals surface area contributed by atoms with Crippen LogP contribution in [0.2, 0.25) is 0 Å². The molecule has 0 spiro atoms. The third kappa shape index (κ3) is 5.20. The van der Waals surface area contributed by atoms with Crippen molar-refractivity contribution < 1.29 is 4.79 Å². The van der Waals surface area contributed by atoms with E-state index >= 15 is 0 Å². The van der Waals surface area contributed by atoms with Gasteiger partial charge in [-0.3, -0.25) is 4.79 Å². The van der Waals surface area contributed by atoms with Crippen molar-refractivity contribution in [1.29, 1.82) is 0 Å². The lowest BCUT2D eigenvalue weighted by Crippen LogP contribution is -2.07. The second-order valence-electron chi connectivity index (χ2n) is 6.75. The SMILES string of the molecule is CCCCC1=CC=C(CCC(=O)Cc2ccc(C)cc2)C1CC. The monoisotopic (exact) mass is 310 g/mol. The Morgan fingerprint density at radius 2 is 1.65 bits per heavy atom. The van der Waals surface area contributed by atoms with Gasteiger partial charge in [0.15, 0.2) is 0 Å². The van der Waals surface area contributed by atoms with Crippen molar-refractivity contribution in [3.63, 3.8) is 0 Å². The number of unbranched alkanes of at least 4 members (excludes halogenated alkanes) is 1. The van der Waals surface area contributed by atoms with E-state index in [0.717, 1.165) is 18.4 Å². The number of aryl methyl sites for hydroxylation is 1. The number of hydrogen-bond acceptors (Lipinski definition) is 1. The molecule has 1 aromatic carbocycles. The standard InChI is InChI=1S/C22H30O/c1-4-6-7-19-12-13-20(22(19)5-2)14-15-21(23)16-18-10-8-17(3)9-11-18/h8-13,22H,4-7,14-16H2,1-3H3. The third-order valence-corrected chi connectivity index (χ3v) is 4.85. The van der Waals surface area contributed by atoms with Crippen molar-refractivity contribution in [3.05, 3.63) is 58.7 Å². The van der Waals surface area contributed by atoms with Gasteiger partial charge in [0.1, 0.15) is 5.78 Å². The molecule has 0 fully saturated rings. The first-order valence-corrected chi connectivity index (χ1v) is 9.10. The fourth-order valence-electron chi connectivity index (χ4n) is 3.41. The quantitative estimate of drug-likeness (QED) is 0.549. The Balaban J connectivity index is 1.81. The largest absolute Gasteiger partial charge is 0.299 e. The maximum Gasteiger partial charge on any atom is 0.137 e. The van der Waals surface area contributed by atoms with Gasteiger partial charge in [0.2, 0.25) is 0 Å². The summed E-state index contributed by atoms with van der Waals surface area (Å²) in [6, 6.07) is 8.31. The number of carbonyl (C=O) groups excluding carboxylic acids is 1. The van der Waals surface area contributed by atoms with Gasteiger partial charge in [-0.2, -0.15) is 0 Å². The normalized spacial score (nSPS) is 17.1. The lowest BCUT2D eigenvalue weighted by molar-refractivity contribution is -0.118. The highest BCUT2D eigenvalue weighted by Gasteiger charge is 2.21. The summed E-state index contributed by atoms with van der Waals surface area (Å²) in [5, 5.41) is 0. The van der Waals surface area contributed by atoms with Crippen molar-refractivity contribution in [3.8, 4) is 0 Å². The van der Waals surface area contributed by atoms with Crippen LogP contribution < -0.4 is 0 Å². The van der Waals surface area contributed by atoms with Gasteiger partial charge >= 0.3 is 0 Å². The zero-order valence-electron chi connectivity index (χ0n) is 14.9. The maximum atomic E-state index is 12.3. The van der Waals surface area contributed by atoms with Crippen LogP contribution in [0.5, 0.6) is 0 Å². The lowest BCUT2D eigenvalue weighted by atomic mass is 9.87. The summed E-state index contributed by atoms with van der Waals surface area (Å²) in [5.74, 6) is 0.945. The van der Waals surface area contributed by atoms with E-state index in [0.29, 0.717) is 24.5 Å². The molecule has 0 amide bonds. The van der Waals surface area contributed by atoms with Gasteiger partial charge in [0.25, 0.3) is 0 Å². The van der Waals surface area contributed by atoms with Crippen LogP contribution in [-0.2, 0) is 11.2 Å². The molecule has 0 aromatic heterocycles. The number of ketones is 1. The van der Waals surface area contributed by atoms with Crippen molar-refractivity contribution in [2.45, 2.75) is 65.7 Å². The fourth-order valence-corrected chi connectivity index (χ4v) is 3.41. The van der Waals surface area contributed by atoms with Crippen molar-refractivity contribution >= 4 is 5.78 Å². The van der Waals surface area contributed by atoms with Crippen LogP contribution in [0.15, 0.2) is 47.6 Å². The maximum absolute atomic E-state index is 12.3. The van der Waals surface area contributed by atoms with Crippen LogP contribution in [0.25, 0.3) is 0 Å². The van der Waals surface area contributed by atoms with E-state index in [4.69, 9.17) is 0 Å². The van der Waals surface area contributed by atoms with Crippen LogP contribution in [0.1, 0.15) is 63.5 Å². The summed E-state index contributed by atoms with van der Waals surface area (Å²) < 4.78 is 0. The van der Waals surface area contributed by atoms with Gasteiger partial charge in [0.05, 0.1) is 0 Å². The van der Waals surface area contributed by atoms with Gasteiger partial charge in [-0.1, -0.05) is 73.4 Å². The number of rotatable bonds is 9. The average molecular weight is 310 g/mol. The van der Waals surface area contributed by atoms with Crippen LogP contribution in [0, 0.1) is 12.8 Å². The minimum absolute atomic E-state index is 0.353. The number of benzene rings is 1. The van der Waals surface area contributed by atoms with E-state index in [1.165, 1.54) is 30.4 Å². The summed E-state index contributed by atoms with van der Waals surface area (Å²) in [6.07, 6.45) is 11.6. The predicted octanol–water partition coefficient (Wildman–Crippen LogP) is 5.97. The molecule has 0 radical (unpaired) electrons. The average Bonchev–Trinajstić information content (AvgIpc) is 2.95. The van der Waals surface area contributed by atoms with E-state index in [1.54, 1.807) is 5.57 Å². The predicted molar refractivity (Wildman–Crippen MR) is 98.6 cm³/mol. The molecule has 1 unspecified atom stereocenters. The number of allylic oxidation sites excluding steroid dienone is 4. The molecule has 1 aliphatic carbocycles. The molecule has 2 rings (SSSR count). The molecule has 1 aromatic rings. The van der Waals surface area contributed by atoms with Crippen LogP contribution in [0.4, 0.5) is 0 Å². The number of hydrogen-bond donors (Lipinski definition) is 0. The summed E-state index contributed by atoms with van der Waals surface area (Å²) in [6.45, 7) is 6.58. The molecule has 1 aliphatic rings. The Labute approximate surface area is 141 Å². The minimum atomic E-state index is 0.353. The molecular weight excluding hydrogens is 280 g/mol.